The molecule has 7 heteroatoms. The molecule has 1 heterocycles. The van der Waals surface area contributed by atoms with Crippen LogP contribution in [0.1, 0.15) is 77.6 Å². The molecule has 1 N–H and O–H groups in total. The topological polar surface area (TPSA) is 87.8 Å². The number of rotatable bonds is 6. The Morgan fingerprint density at radius 3 is 2.29 bits per heavy atom. The van der Waals surface area contributed by atoms with E-state index in [-0.39, 0.29) is 28.6 Å². The molecule has 2 aliphatic carbocycles. The number of hydrogen-bond acceptors (Lipinski definition) is 5. The Labute approximate surface area is 202 Å². The van der Waals surface area contributed by atoms with Crippen LogP contribution in [0, 0.1) is 32.8 Å². The summed E-state index contributed by atoms with van der Waals surface area (Å²) < 4.78 is 0. The van der Waals surface area contributed by atoms with E-state index in [1.807, 2.05) is 6.21 Å². The van der Waals surface area contributed by atoms with Gasteiger partial charge in [0.2, 0.25) is 0 Å². The number of hydrogen-bond donors (Lipinski definition) is 1. The third kappa shape index (κ3) is 4.17. The molecule has 3 atom stereocenters. The lowest BCUT2D eigenvalue weighted by atomic mass is 9.75. The smallest absolute Gasteiger partial charge is 0.278 e. The molecule has 1 aromatic rings. The first kappa shape index (κ1) is 24.2. The van der Waals surface area contributed by atoms with Crippen LogP contribution in [-0.2, 0) is 0 Å². The van der Waals surface area contributed by atoms with E-state index in [0.717, 1.165) is 19.3 Å². The first-order chi connectivity index (χ1) is 15.9. The molecule has 7 nitrogen and oxygen atoms in total. The second-order valence-electron chi connectivity index (χ2n) is 11.1. The van der Waals surface area contributed by atoms with E-state index in [9.17, 15) is 14.9 Å². The van der Waals surface area contributed by atoms with Crippen molar-refractivity contribution in [2.24, 2.45) is 27.8 Å². The van der Waals surface area contributed by atoms with Gasteiger partial charge in [-0.3, -0.25) is 14.9 Å². The number of hydrazone groups is 1. The molecular weight excluding hydrogens is 428 g/mol. The number of nitro groups is 1. The van der Waals surface area contributed by atoms with Gasteiger partial charge in [-0.1, -0.05) is 51.0 Å². The number of carbonyl (C=O) groups is 1. The van der Waals surface area contributed by atoms with Crippen LogP contribution in [0.5, 0.6) is 0 Å². The van der Waals surface area contributed by atoms with Gasteiger partial charge in [-0.05, 0) is 68.3 Å². The zero-order chi connectivity index (χ0) is 24.8. The number of anilines is 1. The van der Waals surface area contributed by atoms with Crippen molar-refractivity contribution in [3.8, 4) is 0 Å². The van der Waals surface area contributed by atoms with Gasteiger partial charge in [-0.2, -0.15) is 5.10 Å². The summed E-state index contributed by atoms with van der Waals surface area (Å²) in [6.45, 7) is 13.4. The van der Waals surface area contributed by atoms with Crippen LogP contribution in [0.25, 0.3) is 0 Å². The molecule has 1 aromatic carbocycles. The van der Waals surface area contributed by atoms with Crippen LogP contribution in [0.3, 0.4) is 0 Å². The molecule has 3 unspecified atom stereocenters. The quantitative estimate of drug-likeness (QED) is 0.224. The molecule has 0 bridgehead atoms. The molecule has 0 saturated heterocycles. The van der Waals surface area contributed by atoms with Gasteiger partial charge >= 0.3 is 0 Å². The number of carbonyl (C=O) groups excluding carboxylic acids is 1. The van der Waals surface area contributed by atoms with Crippen molar-refractivity contribution in [2.75, 3.05) is 5.32 Å². The van der Waals surface area contributed by atoms with Gasteiger partial charge in [0.05, 0.1) is 16.2 Å². The number of benzene rings is 1. The van der Waals surface area contributed by atoms with Crippen LogP contribution in [0.15, 0.2) is 46.6 Å². The average Bonchev–Trinajstić information content (AvgIpc) is 3.18. The number of nitrogens with zero attached hydrogens (tertiary/aromatic N) is 3. The van der Waals surface area contributed by atoms with Gasteiger partial charge in [0.15, 0.2) is 0 Å². The van der Waals surface area contributed by atoms with E-state index in [2.05, 4.69) is 64.1 Å². The third-order valence-electron chi connectivity index (χ3n) is 8.86. The number of nitro benzene ring substituents is 1. The summed E-state index contributed by atoms with van der Waals surface area (Å²) in [6.07, 6.45) is 9.57. The van der Waals surface area contributed by atoms with Crippen LogP contribution < -0.4 is 5.32 Å². The Morgan fingerprint density at radius 1 is 1.12 bits per heavy atom. The van der Waals surface area contributed by atoms with Gasteiger partial charge in [0.25, 0.3) is 11.6 Å². The zero-order valence-electron chi connectivity index (χ0n) is 21.1. The Morgan fingerprint density at radius 2 is 1.74 bits per heavy atom. The predicted octanol–water partition coefficient (Wildman–Crippen LogP) is 6.54. The average molecular weight is 465 g/mol. The lowest BCUT2D eigenvalue weighted by molar-refractivity contribution is -0.384. The summed E-state index contributed by atoms with van der Waals surface area (Å²) in [5.41, 5.74) is 3.81. The second-order valence-corrected chi connectivity index (χ2v) is 11.1. The van der Waals surface area contributed by atoms with Crippen molar-refractivity contribution < 1.29 is 9.72 Å². The largest absolute Gasteiger partial charge is 0.363 e. The summed E-state index contributed by atoms with van der Waals surface area (Å²) in [6, 6.07) is 4.36. The summed E-state index contributed by atoms with van der Waals surface area (Å²) in [5.74, 6) is 0.583. The first-order valence-electron chi connectivity index (χ1n) is 12.2. The number of amides is 1. The fourth-order valence-corrected chi connectivity index (χ4v) is 5.46. The van der Waals surface area contributed by atoms with Gasteiger partial charge in [-0.15, -0.1) is 0 Å². The fourth-order valence-electron chi connectivity index (χ4n) is 5.46. The summed E-state index contributed by atoms with van der Waals surface area (Å²) in [7, 11) is 0. The van der Waals surface area contributed by atoms with Crippen molar-refractivity contribution in [2.45, 2.75) is 73.4 Å². The van der Waals surface area contributed by atoms with Crippen LogP contribution in [0.4, 0.5) is 11.4 Å². The second kappa shape index (κ2) is 8.67. The fraction of sp³-hybridized carbons (Fsp3) is 0.556. The van der Waals surface area contributed by atoms with E-state index < -0.39 is 4.92 Å². The highest BCUT2D eigenvalue weighted by Crippen LogP contribution is 2.47. The molecule has 0 spiro atoms. The minimum absolute atomic E-state index is 0.0279. The Balaban J connectivity index is 1.60. The number of non-ortho nitro benzene ring substituents is 1. The monoisotopic (exact) mass is 464 g/mol. The van der Waals surface area contributed by atoms with Crippen molar-refractivity contribution in [1.82, 2.24) is 5.01 Å². The third-order valence-corrected chi connectivity index (χ3v) is 8.86. The van der Waals surface area contributed by atoms with Crippen molar-refractivity contribution in [1.29, 1.82) is 0 Å². The molecular formula is C27H36N4O3. The highest BCUT2D eigenvalue weighted by atomic mass is 16.6. The normalized spacial score (nSPS) is 27.4. The highest BCUT2D eigenvalue weighted by Gasteiger charge is 2.41. The van der Waals surface area contributed by atoms with Gasteiger partial charge < -0.3 is 5.32 Å². The molecule has 1 amide bonds. The molecule has 3 aliphatic rings. The minimum atomic E-state index is -0.432. The Hall–Kier alpha value is -2.96. The molecule has 4 rings (SSSR count). The van der Waals surface area contributed by atoms with E-state index in [1.165, 1.54) is 29.3 Å². The molecule has 0 radical (unpaired) electrons. The lowest BCUT2D eigenvalue weighted by Crippen LogP contribution is -2.47. The van der Waals surface area contributed by atoms with Gasteiger partial charge in [-0.25, -0.2) is 5.01 Å². The molecule has 0 fully saturated rings. The highest BCUT2D eigenvalue weighted by molar-refractivity contribution is 6.02. The maximum atomic E-state index is 13.5. The molecule has 34 heavy (non-hydrogen) atoms. The zero-order valence-corrected chi connectivity index (χ0v) is 21.1. The number of fused-ring (bicyclic) bond motifs is 1. The van der Waals surface area contributed by atoms with Crippen molar-refractivity contribution in [3.63, 3.8) is 0 Å². The summed E-state index contributed by atoms with van der Waals surface area (Å²) >= 11 is 0. The standard InChI is InChI=1S/C27H36N4O3/c1-17-7-9-19(26(17,3)4)13-14-28-30-24(15-20-10-8-18(2)27(20,5)6)29-23-16-21(31(33)34)11-12-22(23)25(30)32/h7-8,11-12,14,16,19-20,24,29H,9-10,13,15H2,1-6H3. The lowest BCUT2D eigenvalue weighted by Gasteiger charge is -2.39. The van der Waals surface area contributed by atoms with Crippen molar-refractivity contribution >= 4 is 23.5 Å². The SMILES string of the molecule is CC1=CCC(CC=NN2C(=O)c3ccc([N+](=O)[O-])cc3NC2CC2CC=C(C)C2(C)C)C1(C)C. The first-order valence-corrected chi connectivity index (χ1v) is 12.2. The maximum Gasteiger partial charge on any atom is 0.278 e. The van der Waals surface area contributed by atoms with E-state index in [1.54, 1.807) is 5.01 Å². The molecule has 1 aliphatic heterocycles. The summed E-state index contributed by atoms with van der Waals surface area (Å²) in [4.78, 5) is 24.4. The number of allylic oxidation sites excluding steroid dienone is 4. The Bertz CT molecular complexity index is 1100. The molecule has 182 valence electrons. The predicted molar refractivity (Wildman–Crippen MR) is 136 cm³/mol. The number of nitrogens with one attached hydrogen (secondary N) is 1. The van der Waals surface area contributed by atoms with Gasteiger partial charge in [0.1, 0.15) is 6.17 Å². The van der Waals surface area contributed by atoms with Crippen LogP contribution in [-0.4, -0.2) is 28.2 Å². The minimum Gasteiger partial charge on any atom is -0.363 e. The van der Waals surface area contributed by atoms with Gasteiger partial charge in [0, 0.05) is 18.3 Å². The molecule has 0 aromatic heterocycles. The van der Waals surface area contributed by atoms with E-state index in [0.29, 0.717) is 29.5 Å². The van der Waals surface area contributed by atoms with E-state index >= 15 is 0 Å². The van der Waals surface area contributed by atoms with Crippen LogP contribution >= 0.6 is 0 Å². The van der Waals surface area contributed by atoms with E-state index in [4.69, 9.17) is 0 Å². The van der Waals surface area contributed by atoms with Crippen molar-refractivity contribution in [3.05, 3.63) is 57.2 Å². The molecule has 0 saturated carbocycles. The Kier molecular flexibility index (Phi) is 6.17. The van der Waals surface area contributed by atoms with Crippen LogP contribution in [0.2, 0.25) is 0 Å². The summed E-state index contributed by atoms with van der Waals surface area (Å²) in [5, 5.41) is 21.0. The maximum absolute atomic E-state index is 13.5.